The Hall–Kier alpha value is -1.21. The summed E-state index contributed by atoms with van der Waals surface area (Å²) in [5.74, 6) is 0. The van der Waals surface area contributed by atoms with E-state index in [1.54, 1.807) is 0 Å². The first-order chi connectivity index (χ1) is 8.62. The maximum absolute atomic E-state index is 6.34. The van der Waals surface area contributed by atoms with Crippen molar-refractivity contribution in [3.05, 3.63) is 60.7 Å². The molecule has 0 atom stereocenters. The summed E-state index contributed by atoms with van der Waals surface area (Å²) in [6.07, 6.45) is 0. The molecule has 0 aliphatic carbocycles. The van der Waals surface area contributed by atoms with Gasteiger partial charge in [0.1, 0.15) is 0 Å². The number of hydrogen-bond donors (Lipinski definition) is 0. The molecule has 2 nitrogen and oxygen atoms in total. The lowest BCUT2D eigenvalue weighted by Crippen LogP contribution is -2.77. The minimum absolute atomic E-state index is 1.21. The lowest BCUT2D eigenvalue weighted by atomic mass is 10.4. The highest BCUT2D eigenvalue weighted by atomic mass is 28.5. The molecule has 1 saturated heterocycles. The van der Waals surface area contributed by atoms with Gasteiger partial charge in [-0.3, -0.25) is 0 Å². The molecule has 1 aliphatic heterocycles. The van der Waals surface area contributed by atoms with Crippen LogP contribution in [0.25, 0.3) is 0 Å². The van der Waals surface area contributed by atoms with Crippen molar-refractivity contribution in [1.82, 2.24) is 0 Å². The lowest BCUT2D eigenvalue weighted by molar-refractivity contribution is 0.252. The third kappa shape index (κ3) is 1.87. The van der Waals surface area contributed by atoms with Crippen LogP contribution in [0.5, 0.6) is 0 Å². The van der Waals surface area contributed by atoms with Gasteiger partial charge in [0.25, 0.3) is 0 Å². The fourth-order valence-electron chi connectivity index (χ4n) is 2.47. The minimum Gasteiger partial charge on any atom is -0.409 e. The Balaban J connectivity index is 1.84. The van der Waals surface area contributed by atoms with Crippen LogP contribution in [0.2, 0.25) is 13.1 Å². The van der Waals surface area contributed by atoms with E-state index in [-0.39, 0.29) is 0 Å². The molecule has 0 saturated carbocycles. The highest BCUT2D eigenvalue weighted by Crippen LogP contribution is 2.30. The van der Waals surface area contributed by atoms with Gasteiger partial charge in [-0.2, -0.15) is 0 Å². The maximum atomic E-state index is 6.34. The average Bonchev–Trinajstić information content (AvgIpc) is 2.39. The van der Waals surface area contributed by atoms with E-state index in [2.05, 4.69) is 37.4 Å². The smallest absolute Gasteiger partial charge is 0.352 e. The van der Waals surface area contributed by atoms with Crippen LogP contribution in [0.4, 0.5) is 0 Å². The largest absolute Gasteiger partial charge is 0.409 e. The standard InChI is InChI=1S/C14H16O2Si2/c1-17(13-9-5-3-6-10-13)15-18(2,16-17)14-11-7-4-8-12-14/h3-12H,1-2H3. The molecule has 4 heteroatoms. The van der Waals surface area contributed by atoms with E-state index in [0.717, 1.165) is 0 Å². The highest BCUT2D eigenvalue weighted by molar-refractivity contribution is 7.04. The normalized spacial score (nSPS) is 30.8. The minimum atomic E-state index is -2.13. The van der Waals surface area contributed by atoms with Crippen molar-refractivity contribution in [2.24, 2.45) is 0 Å². The molecular weight excluding hydrogens is 256 g/mol. The van der Waals surface area contributed by atoms with Gasteiger partial charge < -0.3 is 8.23 Å². The maximum Gasteiger partial charge on any atom is 0.352 e. The summed E-state index contributed by atoms with van der Waals surface area (Å²) in [5.41, 5.74) is 0. The molecule has 0 radical (unpaired) electrons. The number of rotatable bonds is 2. The summed E-state index contributed by atoms with van der Waals surface area (Å²) in [6.45, 7) is 4.25. The van der Waals surface area contributed by atoms with E-state index in [4.69, 9.17) is 8.23 Å². The van der Waals surface area contributed by atoms with Gasteiger partial charge in [-0.05, 0) is 23.5 Å². The molecule has 1 aliphatic rings. The molecule has 0 bridgehead atoms. The Morgan fingerprint density at radius 2 is 0.944 bits per heavy atom. The van der Waals surface area contributed by atoms with Crippen molar-refractivity contribution < 1.29 is 8.23 Å². The van der Waals surface area contributed by atoms with Crippen LogP contribution in [0.3, 0.4) is 0 Å². The Bertz CT molecular complexity index is 487. The van der Waals surface area contributed by atoms with Gasteiger partial charge >= 0.3 is 17.1 Å². The average molecular weight is 272 g/mol. The summed E-state index contributed by atoms with van der Waals surface area (Å²) < 4.78 is 12.7. The Kier molecular flexibility index (Phi) is 2.75. The zero-order valence-corrected chi connectivity index (χ0v) is 12.6. The van der Waals surface area contributed by atoms with Gasteiger partial charge in [0.15, 0.2) is 0 Å². The monoisotopic (exact) mass is 272 g/mol. The van der Waals surface area contributed by atoms with Crippen molar-refractivity contribution in [3.8, 4) is 0 Å². The first-order valence-electron chi connectivity index (χ1n) is 6.14. The van der Waals surface area contributed by atoms with Gasteiger partial charge in [0.2, 0.25) is 0 Å². The van der Waals surface area contributed by atoms with E-state index in [1.807, 2.05) is 36.4 Å². The zero-order valence-electron chi connectivity index (χ0n) is 10.6. The Morgan fingerprint density at radius 1 is 0.611 bits per heavy atom. The molecule has 2 aromatic carbocycles. The van der Waals surface area contributed by atoms with Crippen LogP contribution < -0.4 is 10.4 Å². The van der Waals surface area contributed by atoms with E-state index < -0.39 is 17.1 Å². The fraction of sp³-hybridized carbons (Fsp3) is 0.143. The molecule has 0 N–H and O–H groups in total. The van der Waals surface area contributed by atoms with Gasteiger partial charge in [0.05, 0.1) is 0 Å². The first-order valence-corrected chi connectivity index (χ1v) is 10.8. The second-order valence-electron chi connectivity index (χ2n) is 4.83. The Morgan fingerprint density at radius 3 is 1.28 bits per heavy atom. The predicted octanol–water partition coefficient (Wildman–Crippen LogP) is 1.99. The SMILES string of the molecule is C[Si]1(c2ccccc2)O[Si](C)(c2ccccc2)O1. The summed E-state index contributed by atoms with van der Waals surface area (Å²) in [7, 11) is -4.26. The molecule has 1 heterocycles. The zero-order chi connectivity index (χ0) is 12.6. The van der Waals surface area contributed by atoms with Crippen molar-refractivity contribution in [1.29, 1.82) is 0 Å². The van der Waals surface area contributed by atoms with E-state index in [1.165, 1.54) is 10.4 Å². The predicted molar refractivity (Wildman–Crippen MR) is 77.6 cm³/mol. The van der Waals surface area contributed by atoms with Crippen LogP contribution in [0.15, 0.2) is 60.7 Å². The van der Waals surface area contributed by atoms with Crippen molar-refractivity contribution >= 4 is 27.5 Å². The molecule has 0 amide bonds. The summed E-state index contributed by atoms with van der Waals surface area (Å²) in [6, 6.07) is 20.6. The quantitative estimate of drug-likeness (QED) is 0.779. The van der Waals surface area contributed by atoms with Gasteiger partial charge in [-0.25, -0.2) is 0 Å². The first kappa shape index (κ1) is 11.9. The summed E-state index contributed by atoms with van der Waals surface area (Å²) in [4.78, 5) is 0. The van der Waals surface area contributed by atoms with Crippen LogP contribution in [0.1, 0.15) is 0 Å². The fourth-order valence-corrected chi connectivity index (χ4v) is 12.0. The molecule has 1 fully saturated rings. The van der Waals surface area contributed by atoms with E-state index >= 15 is 0 Å². The molecule has 0 aromatic heterocycles. The van der Waals surface area contributed by atoms with E-state index in [9.17, 15) is 0 Å². The third-order valence-corrected chi connectivity index (χ3v) is 12.4. The molecule has 0 unspecified atom stereocenters. The van der Waals surface area contributed by atoms with Crippen LogP contribution in [0, 0.1) is 0 Å². The van der Waals surface area contributed by atoms with Crippen molar-refractivity contribution in [2.45, 2.75) is 13.1 Å². The summed E-state index contributed by atoms with van der Waals surface area (Å²) >= 11 is 0. The van der Waals surface area contributed by atoms with Crippen LogP contribution in [-0.2, 0) is 8.23 Å². The molecule has 0 spiro atoms. The van der Waals surface area contributed by atoms with Crippen molar-refractivity contribution in [3.63, 3.8) is 0 Å². The number of hydrogen-bond acceptors (Lipinski definition) is 2. The topological polar surface area (TPSA) is 18.5 Å². The molecular formula is C14H16O2Si2. The number of benzene rings is 2. The lowest BCUT2D eigenvalue weighted by Gasteiger charge is -2.50. The molecule has 2 aromatic rings. The van der Waals surface area contributed by atoms with Gasteiger partial charge in [-0.1, -0.05) is 60.7 Å². The van der Waals surface area contributed by atoms with Crippen LogP contribution >= 0.6 is 0 Å². The second-order valence-corrected chi connectivity index (χ2v) is 11.4. The van der Waals surface area contributed by atoms with E-state index in [0.29, 0.717) is 0 Å². The molecule has 92 valence electrons. The molecule has 18 heavy (non-hydrogen) atoms. The van der Waals surface area contributed by atoms with Gasteiger partial charge in [-0.15, -0.1) is 0 Å². The third-order valence-electron chi connectivity index (χ3n) is 3.38. The van der Waals surface area contributed by atoms with Crippen molar-refractivity contribution in [2.75, 3.05) is 0 Å². The Labute approximate surface area is 110 Å². The molecule has 3 rings (SSSR count). The van der Waals surface area contributed by atoms with Gasteiger partial charge in [0, 0.05) is 0 Å². The second kappa shape index (κ2) is 4.17. The van der Waals surface area contributed by atoms with Crippen LogP contribution in [-0.4, -0.2) is 17.1 Å². The highest BCUT2D eigenvalue weighted by Gasteiger charge is 2.58. The summed E-state index contributed by atoms with van der Waals surface area (Å²) in [5, 5.41) is 2.43.